The number of guanidine groups is 1. The molecule has 2 aliphatic heterocycles. The number of imide groups is 1. The summed E-state index contributed by atoms with van der Waals surface area (Å²) in [5.41, 5.74) is 2.36. The fourth-order valence-electron chi connectivity index (χ4n) is 5.48. The first-order chi connectivity index (χ1) is 15.7. The predicted octanol–water partition coefficient (Wildman–Crippen LogP) is 2.54. The summed E-state index contributed by atoms with van der Waals surface area (Å²) in [6.45, 7) is 6.13. The molecule has 1 aromatic rings. The second-order valence-corrected chi connectivity index (χ2v) is 8.99. The second-order valence-electron chi connectivity index (χ2n) is 8.99. The van der Waals surface area contributed by atoms with Crippen LogP contribution in [0.4, 0.5) is 5.69 Å². The first-order valence-electron chi connectivity index (χ1n) is 11.7. The Morgan fingerprint density at radius 2 is 1.64 bits per heavy atom. The smallest absolute Gasteiger partial charge is 0.233 e. The van der Waals surface area contributed by atoms with Gasteiger partial charge in [0.15, 0.2) is 5.96 Å². The summed E-state index contributed by atoms with van der Waals surface area (Å²) in [7, 11) is 0. The minimum absolute atomic E-state index is 0. The van der Waals surface area contributed by atoms with E-state index in [2.05, 4.69) is 69.1 Å². The quantitative estimate of drug-likeness (QED) is 0.176. The number of aliphatic imine (C=N–C) groups is 1. The monoisotopic (exact) mass is 561 g/mol. The third-order valence-corrected chi connectivity index (χ3v) is 7.07. The van der Waals surface area contributed by atoms with Crippen molar-refractivity contribution in [2.24, 2.45) is 28.7 Å². The molecule has 1 saturated carbocycles. The van der Waals surface area contributed by atoms with Crippen molar-refractivity contribution in [3.63, 3.8) is 0 Å². The molecule has 2 bridgehead atoms. The van der Waals surface area contributed by atoms with E-state index in [1.54, 1.807) is 0 Å². The third-order valence-electron chi connectivity index (χ3n) is 7.07. The zero-order valence-electron chi connectivity index (χ0n) is 18.9. The van der Waals surface area contributed by atoms with Gasteiger partial charge < -0.3 is 15.5 Å². The molecule has 176 valence electrons. The van der Waals surface area contributed by atoms with Gasteiger partial charge in [-0.2, -0.15) is 0 Å². The van der Waals surface area contributed by atoms with Crippen molar-refractivity contribution in [2.45, 2.75) is 19.9 Å². The first-order valence-corrected chi connectivity index (χ1v) is 11.7. The number of benzene rings is 1. The topological polar surface area (TPSA) is 77.0 Å². The summed E-state index contributed by atoms with van der Waals surface area (Å²) in [6.07, 6.45) is 9.59. The summed E-state index contributed by atoms with van der Waals surface area (Å²) < 4.78 is 0. The van der Waals surface area contributed by atoms with Gasteiger partial charge >= 0.3 is 0 Å². The highest BCUT2D eigenvalue weighted by molar-refractivity contribution is 14.0. The summed E-state index contributed by atoms with van der Waals surface area (Å²) in [4.78, 5) is 34.1. The van der Waals surface area contributed by atoms with Crippen molar-refractivity contribution in [3.8, 4) is 0 Å². The molecule has 2 heterocycles. The van der Waals surface area contributed by atoms with Gasteiger partial charge in [0.25, 0.3) is 0 Å². The van der Waals surface area contributed by atoms with Gasteiger partial charge in [-0.15, -0.1) is 24.0 Å². The lowest BCUT2D eigenvalue weighted by atomic mass is 9.85. The number of fused-ring (bicyclic) bond motifs is 5. The number of allylic oxidation sites excluding steroid dienone is 2. The number of rotatable bonds is 7. The molecule has 4 aliphatic rings. The molecule has 7 nitrogen and oxygen atoms in total. The number of hydrogen-bond donors (Lipinski definition) is 2. The molecule has 2 amide bonds. The molecule has 4 unspecified atom stereocenters. The van der Waals surface area contributed by atoms with Crippen molar-refractivity contribution in [1.82, 2.24) is 15.5 Å². The van der Waals surface area contributed by atoms with Crippen LogP contribution in [-0.4, -0.2) is 55.4 Å². The molecular weight excluding hydrogens is 529 g/mol. The first kappa shape index (κ1) is 23.8. The Balaban J connectivity index is 0.00000259. The van der Waals surface area contributed by atoms with Crippen LogP contribution >= 0.6 is 24.0 Å². The summed E-state index contributed by atoms with van der Waals surface area (Å²) in [6, 6.07) is 8.51. The van der Waals surface area contributed by atoms with Crippen molar-refractivity contribution in [1.29, 1.82) is 0 Å². The maximum absolute atomic E-state index is 12.8. The predicted molar refractivity (Wildman–Crippen MR) is 140 cm³/mol. The number of carbonyl (C=O) groups excluding carboxylic acids is 2. The largest absolute Gasteiger partial charge is 0.364 e. The molecule has 2 fully saturated rings. The van der Waals surface area contributed by atoms with Gasteiger partial charge in [-0.05, 0) is 42.9 Å². The van der Waals surface area contributed by atoms with E-state index in [9.17, 15) is 9.59 Å². The van der Waals surface area contributed by atoms with Crippen molar-refractivity contribution < 1.29 is 9.59 Å². The molecule has 2 aliphatic carbocycles. The number of anilines is 1. The zero-order chi connectivity index (χ0) is 22.1. The lowest BCUT2D eigenvalue weighted by molar-refractivity contribution is -0.140. The van der Waals surface area contributed by atoms with E-state index in [1.807, 2.05) is 6.92 Å². The lowest BCUT2D eigenvalue weighted by Crippen LogP contribution is -2.43. The van der Waals surface area contributed by atoms with E-state index in [-0.39, 0.29) is 59.5 Å². The van der Waals surface area contributed by atoms with E-state index in [0.29, 0.717) is 25.6 Å². The fraction of sp³-hybridized carbons (Fsp3) is 0.480. The maximum atomic E-state index is 12.8. The van der Waals surface area contributed by atoms with Crippen molar-refractivity contribution >= 4 is 47.4 Å². The Bertz CT molecular complexity index is 936. The van der Waals surface area contributed by atoms with Crippen molar-refractivity contribution in [2.75, 3.05) is 37.6 Å². The van der Waals surface area contributed by atoms with Gasteiger partial charge in [-0.3, -0.25) is 14.5 Å². The molecule has 8 heteroatoms. The number of likely N-dealkylation sites (tertiary alicyclic amines) is 1. The van der Waals surface area contributed by atoms with Crippen LogP contribution in [0.25, 0.3) is 0 Å². The highest BCUT2D eigenvalue weighted by atomic mass is 127. The van der Waals surface area contributed by atoms with Gasteiger partial charge in [0.05, 0.1) is 18.4 Å². The Hall–Kier alpha value is -2.36. The SMILES string of the molecule is CCNC(=NCc1ccc(N2CC=CC2)cc1)NCCN1C(=O)C2C3C=CC(C3)C2C1=O.I. The zero-order valence-corrected chi connectivity index (χ0v) is 21.3. The van der Waals surface area contributed by atoms with Crippen LogP contribution in [0.2, 0.25) is 0 Å². The van der Waals surface area contributed by atoms with Crippen molar-refractivity contribution in [3.05, 3.63) is 54.1 Å². The Morgan fingerprint density at radius 1 is 1.00 bits per heavy atom. The maximum Gasteiger partial charge on any atom is 0.233 e. The average molecular weight is 561 g/mol. The third kappa shape index (κ3) is 4.67. The molecule has 2 N–H and O–H groups in total. The van der Waals surface area contributed by atoms with Crippen LogP contribution in [0.15, 0.2) is 53.6 Å². The highest BCUT2D eigenvalue weighted by Gasteiger charge is 2.58. The summed E-state index contributed by atoms with van der Waals surface area (Å²) in [5, 5.41) is 6.52. The summed E-state index contributed by atoms with van der Waals surface area (Å²) >= 11 is 0. The van der Waals surface area contributed by atoms with Gasteiger partial charge in [0.2, 0.25) is 11.8 Å². The number of nitrogens with zero attached hydrogens (tertiary/aromatic N) is 3. The number of halogens is 1. The molecular formula is C25H32IN5O2. The van der Waals surface area contributed by atoms with Crippen LogP contribution in [-0.2, 0) is 16.1 Å². The Labute approximate surface area is 212 Å². The van der Waals surface area contributed by atoms with Crippen LogP contribution < -0.4 is 15.5 Å². The number of hydrogen-bond acceptors (Lipinski definition) is 4. The van der Waals surface area contributed by atoms with Gasteiger partial charge in [0, 0.05) is 38.4 Å². The Kier molecular flexibility index (Phi) is 7.41. The fourth-order valence-corrected chi connectivity index (χ4v) is 5.48. The standard InChI is InChI=1S/C25H31N5O2.HI/c1-2-26-25(28-16-17-5-9-20(10-6-17)29-12-3-4-13-29)27-11-14-30-23(31)21-18-7-8-19(15-18)22(21)24(30)32;/h3-10,18-19,21-22H,2,11-16H2,1H3,(H2,26,27,28);1H. The van der Waals surface area contributed by atoms with Gasteiger partial charge in [0.1, 0.15) is 0 Å². The van der Waals surface area contributed by atoms with E-state index in [4.69, 9.17) is 0 Å². The normalized spacial score (nSPS) is 27.4. The van der Waals surface area contributed by atoms with Crippen LogP contribution in [0.1, 0.15) is 18.9 Å². The highest BCUT2D eigenvalue weighted by Crippen LogP contribution is 2.52. The lowest BCUT2D eigenvalue weighted by Gasteiger charge is -2.19. The minimum atomic E-state index is -0.126. The summed E-state index contributed by atoms with van der Waals surface area (Å²) in [5.74, 6) is 0.972. The van der Waals surface area contributed by atoms with Gasteiger partial charge in [-0.25, -0.2) is 4.99 Å². The average Bonchev–Trinajstić information content (AvgIpc) is 3.59. The van der Waals surface area contributed by atoms with Crippen LogP contribution in [0, 0.1) is 23.7 Å². The minimum Gasteiger partial charge on any atom is -0.364 e. The number of amides is 2. The number of nitrogens with one attached hydrogen (secondary N) is 2. The van der Waals surface area contributed by atoms with E-state index >= 15 is 0 Å². The molecule has 0 aromatic heterocycles. The van der Waals surface area contributed by atoms with Crippen LogP contribution in [0.3, 0.4) is 0 Å². The molecule has 0 radical (unpaired) electrons. The second kappa shape index (κ2) is 10.3. The van der Waals surface area contributed by atoms with Gasteiger partial charge in [-0.1, -0.05) is 36.4 Å². The van der Waals surface area contributed by atoms with E-state index < -0.39 is 0 Å². The van der Waals surface area contributed by atoms with E-state index in [1.165, 1.54) is 10.6 Å². The molecule has 5 rings (SSSR count). The molecule has 0 spiro atoms. The molecule has 33 heavy (non-hydrogen) atoms. The molecule has 1 aromatic carbocycles. The molecule has 1 saturated heterocycles. The van der Waals surface area contributed by atoms with Crippen LogP contribution in [0.5, 0.6) is 0 Å². The molecule has 4 atom stereocenters. The Morgan fingerprint density at radius 3 is 2.24 bits per heavy atom. The number of carbonyl (C=O) groups is 2. The van der Waals surface area contributed by atoms with E-state index in [0.717, 1.165) is 31.6 Å².